The quantitative estimate of drug-likeness (QED) is 0.161. The Balaban J connectivity index is 0.921. The molecule has 9 aromatic carbocycles. The number of nitrogens with zero attached hydrogens (tertiary/aromatic N) is 2. The standard InChI is InChI=1S/C59H42N2/c1-59(2)53-19-11-18-51(57(53)52-36-49-16-9-10-17-50(49)37-54(52)59)45-28-20-43(21-29-45)44-26-34-48(35-27-44)58-60-55(46-30-22-41(23-31-46)39-12-5-3-6-13-39)38-56(61-58)47-32-24-42(25-33-47)40-14-7-4-8-15-40/h3-38H,1-2H3. The summed E-state index contributed by atoms with van der Waals surface area (Å²) in [6.07, 6.45) is 0. The first-order chi connectivity index (χ1) is 30.0. The summed E-state index contributed by atoms with van der Waals surface area (Å²) >= 11 is 0. The first kappa shape index (κ1) is 36.4. The maximum atomic E-state index is 5.17. The van der Waals surface area contributed by atoms with Gasteiger partial charge in [-0.05, 0) is 95.7 Å². The van der Waals surface area contributed by atoms with E-state index < -0.39 is 0 Å². The van der Waals surface area contributed by atoms with Gasteiger partial charge in [-0.25, -0.2) is 9.97 Å². The second kappa shape index (κ2) is 14.9. The lowest BCUT2D eigenvalue weighted by molar-refractivity contribution is 0.661. The molecule has 11 rings (SSSR count). The topological polar surface area (TPSA) is 25.8 Å². The Bertz CT molecular complexity index is 3100. The minimum absolute atomic E-state index is 0.0730. The van der Waals surface area contributed by atoms with Gasteiger partial charge in [0, 0.05) is 22.1 Å². The van der Waals surface area contributed by atoms with E-state index in [1.54, 1.807) is 0 Å². The summed E-state index contributed by atoms with van der Waals surface area (Å²) in [7, 11) is 0. The van der Waals surface area contributed by atoms with Crippen LogP contribution in [0.25, 0.3) is 100 Å². The van der Waals surface area contributed by atoms with Crippen molar-refractivity contribution in [2.45, 2.75) is 19.3 Å². The third kappa shape index (κ3) is 6.63. The van der Waals surface area contributed by atoms with Crippen molar-refractivity contribution in [2.24, 2.45) is 0 Å². The van der Waals surface area contributed by atoms with Crippen molar-refractivity contribution in [1.82, 2.24) is 9.97 Å². The highest BCUT2D eigenvalue weighted by atomic mass is 14.9. The zero-order valence-electron chi connectivity index (χ0n) is 34.2. The van der Waals surface area contributed by atoms with Crippen LogP contribution in [-0.2, 0) is 5.41 Å². The van der Waals surface area contributed by atoms with E-state index in [0.29, 0.717) is 5.82 Å². The third-order valence-corrected chi connectivity index (χ3v) is 12.5. The molecule has 1 aliphatic rings. The molecule has 0 saturated carbocycles. The zero-order chi connectivity index (χ0) is 40.9. The summed E-state index contributed by atoms with van der Waals surface area (Å²) in [6.45, 7) is 4.72. The number of benzene rings is 9. The first-order valence-corrected chi connectivity index (χ1v) is 21.1. The fraction of sp³-hybridized carbons (Fsp3) is 0.0508. The van der Waals surface area contributed by atoms with E-state index in [2.05, 4.69) is 220 Å². The van der Waals surface area contributed by atoms with Crippen LogP contribution in [0, 0.1) is 0 Å². The van der Waals surface area contributed by atoms with E-state index in [0.717, 1.165) is 33.6 Å². The lowest BCUT2D eigenvalue weighted by atomic mass is 9.81. The average Bonchev–Trinajstić information content (AvgIpc) is 3.56. The molecule has 0 amide bonds. The summed E-state index contributed by atoms with van der Waals surface area (Å²) < 4.78 is 0. The van der Waals surface area contributed by atoms with E-state index in [9.17, 15) is 0 Å². The molecule has 0 saturated heterocycles. The van der Waals surface area contributed by atoms with Crippen molar-refractivity contribution in [3.8, 4) is 89.5 Å². The summed E-state index contributed by atoms with van der Waals surface area (Å²) in [5.74, 6) is 0.697. The molecule has 2 heteroatoms. The Hall–Kier alpha value is -7.68. The van der Waals surface area contributed by atoms with Gasteiger partial charge in [-0.15, -0.1) is 0 Å². The van der Waals surface area contributed by atoms with Crippen molar-refractivity contribution in [3.05, 3.63) is 230 Å². The first-order valence-electron chi connectivity index (χ1n) is 21.1. The van der Waals surface area contributed by atoms with E-state index >= 15 is 0 Å². The molecule has 0 unspecified atom stereocenters. The van der Waals surface area contributed by atoms with Crippen molar-refractivity contribution in [3.63, 3.8) is 0 Å². The SMILES string of the molecule is CC1(C)c2cc3ccccc3cc2-c2c(-c3ccc(-c4ccc(-c5nc(-c6ccc(-c7ccccc7)cc6)cc(-c6ccc(-c7ccccc7)cc6)n5)cc4)cc3)cccc21. The zero-order valence-corrected chi connectivity index (χ0v) is 34.2. The van der Waals surface area contributed by atoms with Crippen molar-refractivity contribution < 1.29 is 0 Å². The largest absolute Gasteiger partial charge is 0.228 e. The van der Waals surface area contributed by atoms with E-state index in [-0.39, 0.29) is 5.41 Å². The molecule has 10 aromatic rings. The molecule has 0 atom stereocenters. The van der Waals surface area contributed by atoms with Crippen LogP contribution in [0.2, 0.25) is 0 Å². The third-order valence-electron chi connectivity index (χ3n) is 12.5. The Morgan fingerprint density at radius 1 is 0.295 bits per heavy atom. The van der Waals surface area contributed by atoms with Gasteiger partial charge in [-0.3, -0.25) is 0 Å². The minimum Gasteiger partial charge on any atom is -0.228 e. The van der Waals surface area contributed by atoms with Crippen LogP contribution >= 0.6 is 0 Å². The molecular formula is C59H42N2. The van der Waals surface area contributed by atoms with Gasteiger partial charge in [0.1, 0.15) is 0 Å². The van der Waals surface area contributed by atoms with Crippen LogP contribution in [0.15, 0.2) is 218 Å². The second-order valence-corrected chi connectivity index (χ2v) is 16.6. The van der Waals surface area contributed by atoms with Crippen LogP contribution < -0.4 is 0 Å². The molecular weight excluding hydrogens is 737 g/mol. The normalized spacial score (nSPS) is 12.6. The van der Waals surface area contributed by atoms with E-state index in [4.69, 9.17) is 9.97 Å². The van der Waals surface area contributed by atoms with Gasteiger partial charge in [0.2, 0.25) is 0 Å². The molecule has 1 heterocycles. The highest BCUT2D eigenvalue weighted by Crippen LogP contribution is 2.53. The summed E-state index contributed by atoms with van der Waals surface area (Å²) in [5, 5.41) is 2.57. The number of aromatic nitrogens is 2. The van der Waals surface area contributed by atoms with E-state index in [1.807, 2.05) is 12.1 Å². The molecule has 0 fully saturated rings. The molecule has 0 radical (unpaired) electrons. The Morgan fingerprint density at radius 3 is 1.21 bits per heavy atom. The van der Waals surface area contributed by atoms with E-state index in [1.165, 1.54) is 72.0 Å². The molecule has 1 aliphatic carbocycles. The fourth-order valence-electron chi connectivity index (χ4n) is 9.17. The van der Waals surface area contributed by atoms with Gasteiger partial charge in [0.05, 0.1) is 11.4 Å². The lowest BCUT2D eigenvalue weighted by Gasteiger charge is -2.22. The van der Waals surface area contributed by atoms with Crippen LogP contribution in [0.4, 0.5) is 0 Å². The van der Waals surface area contributed by atoms with Gasteiger partial charge < -0.3 is 0 Å². The molecule has 0 bridgehead atoms. The molecule has 2 nitrogen and oxygen atoms in total. The second-order valence-electron chi connectivity index (χ2n) is 16.6. The van der Waals surface area contributed by atoms with Gasteiger partial charge in [-0.2, -0.15) is 0 Å². The summed E-state index contributed by atoms with van der Waals surface area (Å²) in [4.78, 5) is 10.3. The van der Waals surface area contributed by atoms with Crippen LogP contribution in [0.1, 0.15) is 25.0 Å². The smallest absolute Gasteiger partial charge is 0.160 e. The highest BCUT2D eigenvalue weighted by molar-refractivity contribution is 5.98. The van der Waals surface area contributed by atoms with Gasteiger partial charge in [0.15, 0.2) is 5.82 Å². The highest BCUT2D eigenvalue weighted by Gasteiger charge is 2.37. The maximum Gasteiger partial charge on any atom is 0.160 e. The maximum absolute atomic E-state index is 5.17. The van der Waals surface area contributed by atoms with Gasteiger partial charge in [0.25, 0.3) is 0 Å². The van der Waals surface area contributed by atoms with Crippen LogP contribution in [0.5, 0.6) is 0 Å². The van der Waals surface area contributed by atoms with Crippen molar-refractivity contribution in [2.75, 3.05) is 0 Å². The number of hydrogen-bond donors (Lipinski definition) is 0. The average molecular weight is 779 g/mol. The fourth-order valence-corrected chi connectivity index (χ4v) is 9.17. The predicted molar refractivity (Wildman–Crippen MR) is 255 cm³/mol. The Morgan fingerprint density at radius 2 is 0.705 bits per heavy atom. The van der Waals surface area contributed by atoms with Crippen LogP contribution in [0.3, 0.4) is 0 Å². The van der Waals surface area contributed by atoms with Crippen LogP contribution in [-0.4, -0.2) is 9.97 Å². The molecule has 288 valence electrons. The lowest BCUT2D eigenvalue weighted by Crippen LogP contribution is -2.14. The van der Waals surface area contributed by atoms with Crippen molar-refractivity contribution in [1.29, 1.82) is 0 Å². The molecule has 1 aromatic heterocycles. The monoisotopic (exact) mass is 778 g/mol. The molecule has 61 heavy (non-hydrogen) atoms. The molecule has 0 aliphatic heterocycles. The predicted octanol–water partition coefficient (Wildman–Crippen LogP) is 15.6. The Kier molecular flexibility index (Phi) is 8.86. The molecule has 0 spiro atoms. The Labute approximate surface area is 357 Å². The minimum atomic E-state index is -0.0730. The van der Waals surface area contributed by atoms with Gasteiger partial charge >= 0.3 is 0 Å². The van der Waals surface area contributed by atoms with Gasteiger partial charge in [-0.1, -0.05) is 214 Å². The van der Waals surface area contributed by atoms with Crippen molar-refractivity contribution >= 4 is 10.8 Å². The number of hydrogen-bond acceptors (Lipinski definition) is 2. The summed E-state index contributed by atoms with van der Waals surface area (Å²) in [6, 6.07) is 78.4. The number of rotatable bonds is 7. The summed E-state index contributed by atoms with van der Waals surface area (Å²) in [5.41, 5.74) is 19.8. The number of fused-ring (bicyclic) bond motifs is 4. The molecule has 0 N–H and O–H groups in total.